The molecule has 5 heteroatoms. The zero-order valence-corrected chi connectivity index (χ0v) is 12.3. The van der Waals surface area contributed by atoms with Crippen LogP contribution in [0.2, 0.25) is 0 Å². The minimum Gasteiger partial charge on any atom is -0.489 e. The Hall–Kier alpha value is -1.46. The highest BCUT2D eigenvalue weighted by atomic mass is 79.9. The van der Waals surface area contributed by atoms with Gasteiger partial charge in [0, 0.05) is 10.0 Å². The molecule has 0 aliphatic heterocycles. The maximum Gasteiger partial charge on any atom is 0.130 e. The van der Waals surface area contributed by atoms with Crippen molar-refractivity contribution in [3.05, 3.63) is 63.6 Å². The number of rotatable bonds is 5. The molecule has 20 heavy (non-hydrogen) atoms. The normalized spacial score (nSPS) is 10.6. The van der Waals surface area contributed by atoms with Gasteiger partial charge in [0.1, 0.15) is 24.0 Å². The highest BCUT2D eigenvalue weighted by Crippen LogP contribution is 2.22. The van der Waals surface area contributed by atoms with Crippen LogP contribution in [0, 0.1) is 11.6 Å². The third kappa shape index (κ3) is 3.77. The third-order valence-corrected chi connectivity index (χ3v) is 3.33. The average Bonchev–Trinajstić information content (AvgIpc) is 2.40. The predicted molar refractivity (Wildman–Crippen MR) is 77.6 cm³/mol. The third-order valence-electron chi connectivity index (χ3n) is 2.83. The highest BCUT2D eigenvalue weighted by Gasteiger charge is 2.08. The molecule has 0 fully saturated rings. The second kappa shape index (κ2) is 6.81. The van der Waals surface area contributed by atoms with Gasteiger partial charge in [-0.1, -0.05) is 22.0 Å². The minimum atomic E-state index is -0.345. The van der Waals surface area contributed by atoms with Crippen molar-refractivity contribution in [2.75, 3.05) is 6.54 Å². The van der Waals surface area contributed by atoms with Crippen molar-refractivity contribution in [1.82, 2.24) is 0 Å². The molecule has 106 valence electrons. The first-order chi connectivity index (χ1) is 9.60. The number of hydrogen-bond acceptors (Lipinski definition) is 2. The Labute approximate surface area is 124 Å². The van der Waals surface area contributed by atoms with Gasteiger partial charge in [0.05, 0.1) is 0 Å². The van der Waals surface area contributed by atoms with Gasteiger partial charge in [-0.15, -0.1) is 0 Å². The molecule has 0 aromatic heterocycles. The van der Waals surface area contributed by atoms with E-state index in [2.05, 4.69) is 15.9 Å². The summed E-state index contributed by atoms with van der Waals surface area (Å²) in [6, 6.07) is 9.01. The monoisotopic (exact) mass is 341 g/mol. The van der Waals surface area contributed by atoms with Gasteiger partial charge < -0.3 is 10.5 Å². The molecular formula is C15H14BrF2NO. The Bertz CT molecular complexity index is 604. The smallest absolute Gasteiger partial charge is 0.130 e. The Morgan fingerprint density at radius 1 is 1.05 bits per heavy atom. The van der Waals surface area contributed by atoms with Crippen LogP contribution in [-0.4, -0.2) is 6.54 Å². The van der Waals surface area contributed by atoms with E-state index in [1.54, 1.807) is 12.1 Å². The van der Waals surface area contributed by atoms with Crippen LogP contribution in [0.15, 0.2) is 40.9 Å². The van der Waals surface area contributed by atoms with Crippen LogP contribution in [-0.2, 0) is 13.0 Å². The molecule has 0 spiro atoms. The van der Waals surface area contributed by atoms with Crippen LogP contribution in [0.1, 0.15) is 11.1 Å². The SMILES string of the molecule is NCCc1cc(F)ccc1OCc1ccc(Br)cc1F. The summed E-state index contributed by atoms with van der Waals surface area (Å²) in [4.78, 5) is 0. The van der Waals surface area contributed by atoms with E-state index < -0.39 is 0 Å². The van der Waals surface area contributed by atoms with Crippen LogP contribution in [0.5, 0.6) is 5.75 Å². The summed E-state index contributed by atoms with van der Waals surface area (Å²) in [6.45, 7) is 0.481. The van der Waals surface area contributed by atoms with Crippen LogP contribution < -0.4 is 10.5 Å². The zero-order valence-electron chi connectivity index (χ0n) is 10.7. The molecule has 0 aliphatic rings. The van der Waals surface area contributed by atoms with Crippen molar-refractivity contribution in [3.8, 4) is 5.75 Å². The summed E-state index contributed by atoms with van der Waals surface area (Å²) in [5.74, 6) is -0.156. The summed E-state index contributed by atoms with van der Waals surface area (Å²) >= 11 is 3.20. The lowest BCUT2D eigenvalue weighted by molar-refractivity contribution is 0.296. The second-order valence-electron chi connectivity index (χ2n) is 4.32. The highest BCUT2D eigenvalue weighted by molar-refractivity contribution is 9.10. The molecular weight excluding hydrogens is 328 g/mol. The Morgan fingerprint density at radius 2 is 1.85 bits per heavy atom. The van der Waals surface area contributed by atoms with E-state index in [1.807, 2.05) is 0 Å². The number of nitrogens with two attached hydrogens (primary N) is 1. The zero-order chi connectivity index (χ0) is 14.5. The molecule has 0 atom stereocenters. The summed E-state index contributed by atoms with van der Waals surface area (Å²) in [7, 11) is 0. The standard InChI is InChI=1S/C15H14BrF2NO/c16-12-2-1-11(14(18)8-12)9-20-15-4-3-13(17)7-10(15)5-6-19/h1-4,7-8H,5-6,9,19H2. The maximum absolute atomic E-state index is 13.7. The molecule has 2 N–H and O–H groups in total. The molecule has 0 bridgehead atoms. The summed E-state index contributed by atoms with van der Waals surface area (Å²) in [5.41, 5.74) is 6.61. The molecule has 0 unspecified atom stereocenters. The van der Waals surface area contributed by atoms with Gasteiger partial charge in [-0.25, -0.2) is 8.78 Å². The van der Waals surface area contributed by atoms with Crippen LogP contribution >= 0.6 is 15.9 Å². The molecule has 0 aliphatic carbocycles. The number of hydrogen-bond donors (Lipinski definition) is 1. The number of halogens is 3. The number of ether oxygens (including phenoxy) is 1. The molecule has 2 rings (SSSR count). The van der Waals surface area contributed by atoms with Crippen LogP contribution in [0.25, 0.3) is 0 Å². The summed E-state index contributed by atoms with van der Waals surface area (Å²) in [6.07, 6.45) is 0.510. The van der Waals surface area contributed by atoms with Gasteiger partial charge >= 0.3 is 0 Å². The topological polar surface area (TPSA) is 35.2 Å². The minimum absolute atomic E-state index is 0.0856. The Kier molecular flexibility index (Phi) is 5.09. The summed E-state index contributed by atoms with van der Waals surface area (Å²) < 4.78 is 33.1. The molecule has 2 aromatic rings. The Balaban J connectivity index is 2.14. The average molecular weight is 342 g/mol. The lowest BCUT2D eigenvalue weighted by Crippen LogP contribution is -2.06. The molecule has 0 saturated carbocycles. The maximum atomic E-state index is 13.7. The predicted octanol–water partition coefficient (Wildman–Crippen LogP) is 3.81. The Morgan fingerprint density at radius 3 is 2.55 bits per heavy atom. The van der Waals surface area contributed by atoms with Crippen molar-refractivity contribution < 1.29 is 13.5 Å². The largest absolute Gasteiger partial charge is 0.489 e. The van der Waals surface area contributed by atoms with E-state index in [0.717, 1.165) is 0 Å². The van der Waals surface area contributed by atoms with E-state index in [0.29, 0.717) is 34.3 Å². The van der Waals surface area contributed by atoms with Gasteiger partial charge in [-0.05, 0) is 48.9 Å². The lowest BCUT2D eigenvalue weighted by Gasteiger charge is -2.12. The van der Waals surface area contributed by atoms with Gasteiger partial charge in [0.25, 0.3) is 0 Å². The van der Waals surface area contributed by atoms with E-state index in [9.17, 15) is 8.78 Å². The van der Waals surface area contributed by atoms with E-state index in [-0.39, 0.29) is 18.2 Å². The van der Waals surface area contributed by atoms with Crippen molar-refractivity contribution in [3.63, 3.8) is 0 Å². The fraction of sp³-hybridized carbons (Fsp3) is 0.200. The van der Waals surface area contributed by atoms with Gasteiger partial charge in [0.2, 0.25) is 0 Å². The first-order valence-corrected chi connectivity index (χ1v) is 6.94. The van der Waals surface area contributed by atoms with Crippen LogP contribution in [0.3, 0.4) is 0 Å². The molecule has 0 heterocycles. The van der Waals surface area contributed by atoms with Crippen molar-refractivity contribution in [1.29, 1.82) is 0 Å². The molecule has 0 saturated heterocycles. The second-order valence-corrected chi connectivity index (χ2v) is 5.23. The molecule has 2 nitrogen and oxygen atoms in total. The van der Waals surface area contributed by atoms with Crippen molar-refractivity contribution >= 4 is 15.9 Å². The van der Waals surface area contributed by atoms with Crippen molar-refractivity contribution in [2.24, 2.45) is 5.73 Å². The molecule has 0 radical (unpaired) electrons. The van der Waals surface area contributed by atoms with Gasteiger partial charge in [-0.3, -0.25) is 0 Å². The fourth-order valence-electron chi connectivity index (χ4n) is 1.83. The molecule has 0 amide bonds. The van der Waals surface area contributed by atoms with Crippen LogP contribution in [0.4, 0.5) is 8.78 Å². The number of benzene rings is 2. The summed E-state index contributed by atoms with van der Waals surface area (Å²) in [5, 5.41) is 0. The van der Waals surface area contributed by atoms with Crippen molar-refractivity contribution in [2.45, 2.75) is 13.0 Å². The van der Waals surface area contributed by atoms with Gasteiger partial charge in [0.15, 0.2) is 0 Å². The van der Waals surface area contributed by atoms with E-state index in [1.165, 1.54) is 24.3 Å². The quantitative estimate of drug-likeness (QED) is 0.897. The van der Waals surface area contributed by atoms with E-state index >= 15 is 0 Å². The van der Waals surface area contributed by atoms with E-state index in [4.69, 9.17) is 10.5 Å². The fourth-order valence-corrected chi connectivity index (χ4v) is 2.17. The lowest BCUT2D eigenvalue weighted by atomic mass is 10.1. The molecule has 2 aromatic carbocycles. The van der Waals surface area contributed by atoms with Gasteiger partial charge in [-0.2, -0.15) is 0 Å². The first kappa shape index (κ1) is 14.9. The first-order valence-electron chi connectivity index (χ1n) is 6.15.